The molecule has 1 atom stereocenters. The molecule has 5 fully saturated rings. The van der Waals surface area contributed by atoms with E-state index in [1.54, 1.807) is 4.90 Å². The van der Waals surface area contributed by atoms with Crippen molar-refractivity contribution < 1.29 is 32.0 Å². The number of aromatic nitrogens is 2. The van der Waals surface area contributed by atoms with E-state index < -0.39 is 23.1 Å². The van der Waals surface area contributed by atoms with Crippen LogP contribution in [0.2, 0.25) is 0 Å². The highest BCUT2D eigenvalue weighted by Crippen LogP contribution is 2.78. The number of alkyl carbamates (subject to hydrolysis) is 1. The Kier molecular flexibility index (Phi) is 3.55. The minimum Gasteiger partial charge on any atom is -0.447 e. The molecule has 11 heteroatoms. The van der Waals surface area contributed by atoms with Crippen LogP contribution >= 0.6 is 0 Å². The SMILES string of the molecule is O=C1N[C@H](CCC(=O)N2CC(c3noc(C45CC(C(F)(F)F)(C4)C5)n3)C2)CO1. The summed E-state index contributed by atoms with van der Waals surface area (Å²) in [6, 6.07) is -0.138. The normalized spacial score (nSPS) is 34.2. The highest BCUT2D eigenvalue weighted by atomic mass is 19.4. The van der Waals surface area contributed by atoms with Crippen LogP contribution in [-0.2, 0) is 14.9 Å². The number of ether oxygens (including phenoxy) is 1. The van der Waals surface area contributed by atoms with Crippen molar-refractivity contribution in [1.29, 1.82) is 0 Å². The molecule has 3 aliphatic carbocycles. The monoisotopic (exact) mass is 400 g/mol. The van der Waals surface area contributed by atoms with Gasteiger partial charge in [0.2, 0.25) is 11.8 Å². The number of cyclic esters (lactones) is 1. The molecule has 1 aromatic rings. The molecule has 0 spiro atoms. The van der Waals surface area contributed by atoms with E-state index in [4.69, 9.17) is 9.26 Å². The number of rotatable bonds is 5. The fourth-order valence-electron chi connectivity index (χ4n) is 4.81. The third kappa shape index (κ3) is 2.51. The second-order valence-electron chi connectivity index (χ2n) is 8.52. The Morgan fingerprint density at radius 1 is 1.29 bits per heavy atom. The van der Waals surface area contributed by atoms with Crippen LogP contribution in [0.1, 0.15) is 49.7 Å². The van der Waals surface area contributed by atoms with Crippen molar-refractivity contribution in [2.24, 2.45) is 5.41 Å². The van der Waals surface area contributed by atoms with E-state index in [2.05, 4.69) is 15.5 Å². The number of alkyl halides is 3. The number of hydrogen-bond acceptors (Lipinski definition) is 6. The smallest absolute Gasteiger partial charge is 0.407 e. The quantitative estimate of drug-likeness (QED) is 0.811. The maximum Gasteiger partial charge on any atom is 0.407 e. The van der Waals surface area contributed by atoms with Gasteiger partial charge in [0, 0.05) is 19.5 Å². The summed E-state index contributed by atoms with van der Waals surface area (Å²) in [5.41, 5.74) is -2.15. The molecule has 2 aliphatic heterocycles. The van der Waals surface area contributed by atoms with Gasteiger partial charge in [-0.05, 0) is 25.7 Å². The summed E-state index contributed by atoms with van der Waals surface area (Å²) in [4.78, 5) is 29.2. The number of carbonyl (C=O) groups is 2. The lowest BCUT2D eigenvalue weighted by molar-refractivity contribution is -0.341. The van der Waals surface area contributed by atoms with Gasteiger partial charge in [0.05, 0.1) is 22.8 Å². The molecule has 3 saturated carbocycles. The molecule has 0 unspecified atom stereocenters. The van der Waals surface area contributed by atoms with Crippen molar-refractivity contribution in [2.45, 2.75) is 55.7 Å². The van der Waals surface area contributed by atoms with E-state index in [0.717, 1.165) is 0 Å². The highest BCUT2D eigenvalue weighted by molar-refractivity contribution is 5.77. The molecule has 1 aromatic heterocycles. The number of amides is 2. The van der Waals surface area contributed by atoms with Gasteiger partial charge in [-0.2, -0.15) is 18.2 Å². The van der Waals surface area contributed by atoms with Crippen LogP contribution in [0.25, 0.3) is 0 Å². The Morgan fingerprint density at radius 3 is 2.61 bits per heavy atom. The van der Waals surface area contributed by atoms with Crippen LogP contribution in [0, 0.1) is 5.41 Å². The van der Waals surface area contributed by atoms with Gasteiger partial charge >= 0.3 is 12.3 Å². The zero-order valence-corrected chi connectivity index (χ0v) is 14.9. The summed E-state index contributed by atoms with van der Waals surface area (Å²) in [7, 11) is 0. The van der Waals surface area contributed by atoms with Crippen LogP contribution in [0.4, 0.5) is 18.0 Å². The van der Waals surface area contributed by atoms with Crippen molar-refractivity contribution >= 4 is 12.0 Å². The minimum atomic E-state index is -4.17. The van der Waals surface area contributed by atoms with Crippen molar-refractivity contribution in [3.8, 4) is 0 Å². The summed E-state index contributed by atoms with van der Waals surface area (Å²) >= 11 is 0. The highest BCUT2D eigenvalue weighted by Gasteiger charge is 2.80. The lowest BCUT2D eigenvalue weighted by atomic mass is 9.34. The van der Waals surface area contributed by atoms with Gasteiger partial charge in [-0.3, -0.25) is 4.79 Å². The molecule has 5 aliphatic rings. The summed E-state index contributed by atoms with van der Waals surface area (Å²) < 4.78 is 49.0. The van der Waals surface area contributed by atoms with E-state index in [-0.39, 0.29) is 43.7 Å². The van der Waals surface area contributed by atoms with Gasteiger partial charge in [0.15, 0.2) is 5.82 Å². The van der Waals surface area contributed by atoms with Crippen LogP contribution in [0.5, 0.6) is 0 Å². The molecule has 3 heterocycles. The van der Waals surface area contributed by atoms with Gasteiger partial charge in [-0.25, -0.2) is 4.79 Å². The van der Waals surface area contributed by atoms with E-state index >= 15 is 0 Å². The Morgan fingerprint density at radius 2 is 2.00 bits per heavy atom. The van der Waals surface area contributed by atoms with Crippen LogP contribution in [0.15, 0.2) is 4.52 Å². The molecule has 8 nitrogen and oxygen atoms in total. The Balaban J connectivity index is 1.10. The third-order valence-electron chi connectivity index (χ3n) is 6.57. The first kappa shape index (κ1) is 17.7. The maximum atomic E-state index is 13.0. The average Bonchev–Trinajstić information content (AvgIpc) is 3.09. The van der Waals surface area contributed by atoms with E-state index in [1.807, 2.05) is 0 Å². The topological polar surface area (TPSA) is 97.6 Å². The molecule has 1 N–H and O–H groups in total. The maximum absolute atomic E-state index is 13.0. The minimum absolute atomic E-state index is 0.0207. The third-order valence-corrected chi connectivity index (χ3v) is 6.57. The molecule has 28 heavy (non-hydrogen) atoms. The molecule has 2 saturated heterocycles. The second-order valence-corrected chi connectivity index (χ2v) is 8.52. The average molecular weight is 400 g/mol. The number of nitrogens with zero attached hydrogens (tertiary/aromatic N) is 3. The van der Waals surface area contributed by atoms with Crippen molar-refractivity contribution in [3.05, 3.63) is 11.7 Å². The number of carbonyl (C=O) groups excluding carboxylic acids is 2. The zero-order chi connectivity index (χ0) is 19.7. The van der Waals surface area contributed by atoms with E-state index in [0.29, 0.717) is 37.6 Å². The first-order chi connectivity index (χ1) is 13.2. The lowest BCUT2D eigenvalue weighted by Gasteiger charge is -2.68. The second kappa shape index (κ2) is 5.60. The van der Waals surface area contributed by atoms with Gasteiger partial charge < -0.3 is 19.5 Å². The Hall–Kier alpha value is -2.33. The molecule has 0 aromatic carbocycles. The van der Waals surface area contributed by atoms with E-state index in [1.165, 1.54) is 0 Å². The van der Waals surface area contributed by atoms with Gasteiger partial charge in [0.1, 0.15) is 6.61 Å². The van der Waals surface area contributed by atoms with Crippen LogP contribution in [-0.4, -0.2) is 59.0 Å². The van der Waals surface area contributed by atoms with Gasteiger partial charge in [-0.15, -0.1) is 0 Å². The standard InChI is InChI=1S/C17H19F3N4O4/c18-17(19,20)16-6-15(7-16,8-16)13-22-12(23-28-13)9-3-24(4-9)11(25)2-1-10-5-27-14(26)21-10/h9-10H,1-8H2,(H,21,26)/t10-,15?,16?/m1/s1. The molecule has 0 radical (unpaired) electrons. The number of nitrogens with one attached hydrogen (secondary N) is 1. The number of hydrogen-bond donors (Lipinski definition) is 1. The number of halogens is 3. The first-order valence-corrected chi connectivity index (χ1v) is 9.32. The van der Waals surface area contributed by atoms with Gasteiger partial charge in [-0.1, -0.05) is 5.16 Å². The summed E-state index contributed by atoms with van der Waals surface area (Å²) in [5.74, 6) is 0.684. The van der Waals surface area contributed by atoms with Crippen LogP contribution < -0.4 is 5.32 Å². The lowest BCUT2D eigenvalue weighted by Crippen LogP contribution is -2.70. The molecule has 152 valence electrons. The Labute approximate surface area is 157 Å². The molecule has 2 bridgehead atoms. The zero-order valence-electron chi connectivity index (χ0n) is 14.9. The van der Waals surface area contributed by atoms with E-state index in [9.17, 15) is 22.8 Å². The summed E-state index contributed by atoms with van der Waals surface area (Å²) in [6.07, 6.45) is -3.71. The van der Waals surface area contributed by atoms with Crippen molar-refractivity contribution in [1.82, 2.24) is 20.4 Å². The summed E-state index contributed by atoms with van der Waals surface area (Å²) in [6.45, 7) is 1.20. The fraction of sp³-hybridized carbons (Fsp3) is 0.765. The van der Waals surface area contributed by atoms with Crippen molar-refractivity contribution in [2.75, 3.05) is 19.7 Å². The number of likely N-dealkylation sites (tertiary alicyclic amines) is 1. The summed E-state index contributed by atoms with van der Waals surface area (Å²) in [5, 5.41) is 6.57. The van der Waals surface area contributed by atoms with Crippen LogP contribution in [0.3, 0.4) is 0 Å². The largest absolute Gasteiger partial charge is 0.447 e. The first-order valence-electron chi connectivity index (χ1n) is 9.32. The predicted octanol–water partition coefficient (Wildman–Crippen LogP) is 1.87. The molecular weight excluding hydrogens is 381 g/mol. The molecule has 6 rings (SSSR count). The van der Waals surface area contributed by atoms with Crippen molar-refractivity contribution in [3.63, 3.8) is 0 Å². The molecular formula is C17H19F3N4O4. The predicted molar refractivity (Wildman–Crippen MR) is 85.1 cm³/mol. The Bertz CT molecular complexity index is 813. The molecule has 2 amide bonds. The fourth-order valence-corrected chi connectivity index (χ4v) is 4.81. The van der Waals surface area contributed by atoms with Gasteiger partial charge in [0.25, 0.3) is 0 Å².